The first-order chi connectivity index (χ1) is 11.9. The average Bonchev–Trinajstić information content (AvgIpc) is 2.65. The SMILES string of the molecule is C(=Nc1ccccc1)=Nc1ccc(N=C=Nc2ccccc2)cc1. The van der Waals surface area contributed by atoms with Gasteiger partial charge in [-0.05, 0) is 48.5 Å². The van der Waals surface area contributed by atoms with E-state index in [1.54, 1.807) is 0 Å². The third-order valence-electron chi connectivity index (χ3n) is 3.08. The second-order valence-electron chi connectivity index (χ2n) is 4.83. The topological polar surface area (TPSA) is 49.4 Å². The van der Waals surface area contributed by atoms with Crippen molar-refractivity contribution in [3.63, 3.8) is 0 Å². The molecule has 0 heterocycles. The predicted octanol–water partition coefficient (Wildman–Crippen LogP) is 5.96. The van der Waals surface area contributed by atoms with Gasteiger partial charge < -0.3 is 0 Å². The van der Waals surface area contributed by atoms with Crippen molar-refractivity contribution in [3.05, 3.63) is 84.9 Å². The lowest BCUT2D eigenvalue weighted by Crippen LogP contribution is -1.67. The number of para-hydroxylation sites is 2. The van der Waals surface area contributed by atoms with Gasteiger partial charge in [-0.15, -0.1) is 0 Å². The molecule has 0 aliphatic heterocycles. The van der Waals surface area contributed by atoms with Crippen LogP contribution in [0.15, 0.2) is 105 Å². The fourth-order valence-electron chi connectivity index (χ4n) is 1.89. The van der Waals surface area contributed by atoms with Crippen LogP contribution in [0.3, 0.4) is 0 Å². The molecule has 0 N–H and O–H groups in total. The van der Waals surface area contributed by atoms with Crippen molar-refractivity contribution in [2.75, 3.05) is 0 Å². The molecule has 0 aromatic heterocycles. The van der Waals surface area contributed by atoms with Crippen molar-refractivity contribution in [3.8, 4) is 0 Å². The Labute approximate surface area is 140 Å². The Balaban J connectivity index is 1.67. The highest BCUT2D eigenvalue weighted by Crippen LogP contribution is 2.18. The Hall–Kier alpha value is -3.58. The first-order valence-electron chi connectivity index (χ1n) is 7.43. The van der Waals surface area contributed by atoms with E-state index >= 15 is 0 Å². The summed E-state index contributed by atoms with van der Waals surface area (Å²) in [7, 11) is 0. The molecule has 0 aliphatic rings. The van der Waals surface area contributed by atoms with Gasteiger partial charge in [0.15, 0.2) is 0 Å². The quantitative estimate of drug-likeness (QED) is 0.534. The van der Waals surface area contributed by atoms with E-state index in [4.69, 9.17) is 0 Å². The smallest absolute Gasteiger partial charge is 0.100 e. The van der Waals surface area contributed by atoms with Gasteiger partial charge in [0.1, 0.15) is 12.0 Å². The van der Waals surface area contributed by atoms with Gasteiger partial charge in [0.25, 0.3) is 0 Å². The zero-order chi connectivity index (χ0) is 16.5. The maximum atomic E-state index is 4.17. The fraction of sp³-hybridized carbons (Fsp3) is 0. The van der Waals surface area contributed by atoms with Crippen molar-refractivity contribution in [1.29, 1.82) is 0 Å². The fourth-order valence-corrected chi connectivity index (χ4v) is 1.89. The summed E-state index contributed by atoms with van der Waals surface area (Å²) in [4.78, 5) is 16.6. The highest BCUT2D eigenvalue weighted by molar-refractivity contribution is 5.61. The summed E-state index contributed by atoms with van der Waals surface area (Å²) in [6.07, 6.45) is 0. The van der Waals surface area contributed by atoms with Crippen molar-refractivity contribution in [1.82, 2.24) is 0 Å². The van der Waals surface area contributed by atoms with E-state index in [0.717, 1.165) is 22.7 Å². The molecule has 114 valence electrons. The standard InChI is InChI=1S/C20H14N4/c1-3-7-17(8-4-1)21-15-23-19-11-13-20(14-12-19)24-16-22-18-9-5-2-6-10-18/h1-14H. The molecule has 0 atom stereocenters. The molecule has 0 amide bonds. The highest BCUT2D eigenvalue weighted by Gasteiger charge is 1.90. The Kier molecular flexibility index (Phi) is 5.21. The summed E-state index contributed by atoms with van der Waals surface area (Å²) < 4.78 is 0. The monoisotopic (exact) mass is 310 g/mol. The maximum absolute atomic E-state index is 4.17. The summed E-state index contributed by atoms with van der Waals surface area (Å²) in [5, 5.41) is 0. The summed E-state index contributed by atoms with van der Waals surface area (Å²) in [6, 6.07) is 31.9. The van der Waals surface area contributed by atoms with Gasteiger partial charge in [0, 0.05) is 0 Å². The maximum Gasteiger partial charge on any atom is 0.100 e. The summed E-state index contributed by atoms with van der Waals surface area (Å²) in [5.74, 6) is 0. The van der Waals surface area contributed by atoms with E-state index in [2.05, 4.69) is 32.0 Å². The largest absolute Gasteiger partial charge is 0.188 e. The molecule has 0 spiro atoms. The number of nitrogens with zero attached hydrogens (tertiary/aromatic N) is 4. The van der Waals surface area contributed by atoms with Crippen LogP contribution in [-0.2, 0) is 0 Å². The second-order valence-corrected chi connectivity index (χ2v) is 4.83. The van der Waals surface area contributed by atoms with Crippen LogP contribution in [0.25, 0.3) is 0 Å². The van der Waals surface area contributed by atoms with Gasteiger partial charge in [-0.25, -0.2) is 0 Å². The minimum absolute atomic E-state index is 0.758. The molecule has 3 rings (SSSR count). The first-order valence-corrected chi connectivity index (χ1v) is 7.43. The molecule has 4 heteroatoms. The zero-order valence-electron chi connectivity index (χ0n) is 12.9. The van der Waals surface area contributed by atoms with Gasteiger partial charge in [-0.2, -0.15) is 20.0 Å². The lowest BCUT2D eigenvalue weighted by molar-refractivity contribution is 1.46. The molecular weight excluding hydrogens is 296 g/mol. The number of aliphatic imine (C=N–C) groups is 4. The van der Waals surface area contributed by atoms with E-state index in [1.807, 2.05) is 84.9 Å². The van der Waals surface area contributed by atoms with Crippen LogP contribution in [0.4, 0.5) is 22.7 Å². The Bertz CT molecular complexity index is 822. The second kappa shape index (κ2) is 8.16. The first kappa shape index (κ1) is 15.3. The number of rotatable bonds is 4. The van der Waals surface area contributed by atoms with Crippen LogP contribution in [0.2, 0.25) is 0 Å². The molecule has 0 saturated heterocycles. The molecule has 0 saturated carbocycles. The van der Waals surface area contributed by atoms with E-state index in [9.17, 15) is 0 Å². The van der Waals surface area contributed by atoms with Gasteiger partial charge in [-0.3, -0.25) is 0 Å². The summed E-state index contributed by atoms with van der Waals surface area (Å²) in [6.45, 7) is 0. The van der Waals surface area contributed by atoms with Crippen molar-refractivity contribution in [2.24, 2.45) is 20.0 Å². The molecule has 4 nitrogen and oxygen atoms in total. The zero-order valence-corrected chi connectivity index (χ0v) is 12.9. The van der Waals surface area contributed by atoms with E-state index in [0.29, 0.717) is 0 Å². The minimum Gasteiger partial charge on any atom is -0.188 e. The predicted molar refractivity (Wildman–Crippen MR) is 97.7 cm³/mol. The molecule has 0 radical (unpaired) electrons. The van der Waals surface area contributed by atoms with Crippen molar-refractivity contribution < 1.29 is 0 Å². The van der Waals surface area contributed by atoms with Crippen LogP contribution in [0, 0.1) is 0 Å². The van der Waals surface area contributed by atoms with E-state index < -0.39 is 0 Å². The molecule has 0 unspecified atom stereocenters. The van der Waals surface area contributed by atoms with Gasteiger partial charge >= 0.3 is 0 Å². The molecule has 0 bridgehead atoms. The Morgan fingerprint density at radius 1 is 0.375 bits per heavy atom. The molecular formula is C20H14N4. The average molecular weight is 310 g/mol. The van der Waals surface area contributed by atoms with Crippen LogP contribution in [0.1, 0.15) is 0 Å². The van der Waals surface area contributed by atoms with Gasteiger partial charge in [0.05, 0.1) is 22.7 Å². The van der Waals surface area contributed by atoms with Crippen LogP contribution < -0.4 is 0 Å². The summed E-state index contributed by atoms with van der Waals surface area (Å²) >= 11 is 0. The van der Waals surface area contributed by atoms with Gasteiger partial charge in [0.2, 0.25) is 0 Å². The van der Waals surface area contributed by atoms with Crippen LogP contribution in [-0.4, -0.2) is 12.0 Å². The normalized spacial score (nSPS) is 9.33. The van der Waals surface area contributed by atoms with Crippen LogP contribution >= 0.6 is 0 Å². The Morgan fingerprint density at radius 3 is 1.00 bits per heavy atom. The summed E-state index contributed by atoms with van der Waals surface area (Å²) in [5.41, 5.74) is 3.15. The number of hydrogen-bond acceptors (Lipinski definition) is 4. The van der Waals surface area contributed by atoms with Crippen molar-refractivity contribution >= 4 is 34.8 Å². The highest BCUT2D eigenvalue weighted by atomic mass is 14.8. The minimum atomic E-state index is 0.758. The third-order valence-corrected chi connectivity index (χ3v) is 3.08. The van der Waals surface area contributed by atoms with Crippen molar-refractivity contribution in [2.45, 2.75) is 0 Å². The van der Waals surface area contributed by atoms with Crippen LogP contribution in [0.5, 0.6) is 0 Å². The Morgan fingerprint density at radius 2 is 0.667 bits per heavy atom. The van der Waals surface area contributed by atoms with Gasteiger partial charge in [-0.1, -0.05) is 36.4 Å². The molecule has 0 fully saturated rings. The molecule has 3 aromatic rings. The number of hydrogen-bond donors (Lipinski definition) is 0. The number of benzene rings is 3. The lowest BCUT2D eigenvalue weighted by atomic mass is 10.3. The van der Waals surface area contributed by atoms with E-state index in [1.165, 1.54) is 0 Å². The molecule has 0 aliphatic carbocycles. The lowest BCUT2D eigenvalue weighted by Gasteiger charge is -1.92. The molecule has 3 aromatic carbocycles. The molecule has 24 heavy (non-hydrogen) atoms. The third kappa shape index (κ3) is 4.72. The van der Waals surface area contributed by atoms with E-state index in [-0.39, 0.29) is 0 Å².